The molecule has 1 aromatic carbocycles. The molecule has 0 N–H and O–H groups in total. The molecule has 1 aliphatic heterocycles. The van der Waals surface area contributed by atoms with E-state index in [0.717, 1.165) is 17.1 Å². The van der Waals surface area contributed by atoms with E-state index in [-0.39, 0.29) is 11.8 Å². The average Bonchev–Trinajstić information content (AvgIpc) is 2.63. The molecule has 3 heteroatoms. The van der Waals surface area contributed by atoms with E-state index >= 15 is 0 Å². The Balaban J connectivity index is 2.08. The van der Waals surface area contributed by atoms with Crippen molar-refractivity contribution in [3.8, 4) is 0 Å². The summed E-state index contributed by atoms with van der Waals surface area (Å²) >= 11 is 6.06. The van der Waals surface area contributed by atoms with Gasteiger partial charge >= 0.3 is 0 Å². The van der Waals surface area contributed by atoms with Crippen LogP contribution in [0.15, 0.2) is 36.9 Å². The summed E-state index contributed by atoms with van der Waals surface area (Å²) < 4.78 is 0. The number of rotatable bonds is 3. The minimum Gasteiger partial charge on any atom is -0.338 e. The molecule has 1 aromatic rings. The minimum atomic E-state index is 0.185. The Kier molecular flexibility index (Phi) is 3.30. The van der Waals surface area contributed by atoms with Gasteiger partial charge in [0.2, 0.25) is 5.91 Å². The molecule has 1 fully saturated rings. The second-order valence-electron chi connectivity index (χ2n) is 4.07. The fraction of sp³-hybridized carbons (Fsp3) is 0.308. The Bertz CT molecular complexity index is 416. The van der Waals surface area contributed by atoms with Crippen LogP contribution in [0.3, 0.4) is 0 Å². The van der Waals surface area contributed by atoms with Gasteiger partial charge in [0.15, 0.2) is 0 Å². The summed E-state index contributed by atoms with van der Waals surface area (Å²) in [6.07, 6.45) is 2.43. The lowest BCUT2D eigenvalue weighted by Gasteiger charge is -2.16. The molecule has 16 heavy (non-hydrogen) atoms. The van der Waals surface area contributed by atoms with Crippen molar-refractivity contribution in [2.75, 3.05) is 6.54 Å². The van der Waals surface area contributed by atoms with Gasteiger partial charge in [-0.25, -0.2) is 0 Å². The van der Waals surface area contributed by atoms with Crippen molar-refractivity contribution in [3.63, 3.8) is 0 Å². The topological polar surface area (TPSA) is 20.3 Å². The summed E-state index contributed by atoms with van der Waals surface area (Å²) in [7, 11) is 0. The Morgan fingerprint density at radius 2 is 2.25 bits per heavy atom. The summed E-state index contributed by atoms with van der Waals surface area (Å²) in [4.78, 5) is 13.5. The molecule has 1 heterocycles. The second-order valence-corrected chi connectivity index (χ2v) is 4.47. The fourth-order valence-corrected chi connectivity index (χ4v) is 2.14. The molecule has 0 spiro atoms. The maximum absolute atomic E-state index is 11.7. The van der Waals surface area contributed by atoms with Crippen LogP contribution in [0.4, 0.5) is 0 Å². The van der Waals surface area contributed by atoms with Crippen LogP contribution in [0, 0.1) is 5.92 Å². The number of nitrogens with zero attached hydrogens (tertiary/aromatic N) is 1. The van der Waals surface area contributed by atoms with Gasteiger partial charge in [-0.3, -0.25) is 4.79 Å². The maximum atomic E-state index is 11.7. The van der Waals surface area contributed by atoms with Crippen LogP contribution in [0.1, 0.15) is 12.0 Å². The van der Waals surface area contributed by atoms with Gasteiger partial charge in [0, 0.05) is 30.5 Å². The van der Waals surface area contributed by atoms with Gasteiger partial charge in [0.25, 0.3) is 0 Å². The molecule has 1 amide bonds. The van der Waals surface area contributed by atoms with E-state index in [1.807, 2.05) is 35.2 Å². The van der Waals surface area contributed by atoms with Crippen LogP contribution in [-0.4, -0.2) is 17.4 Å². The molecule has 2 nitrogen and oxygen atoms in total. The lowest BCUT2D eigenvalue weighted by atomic mass is 10.1. The van der Waals surface area contributed by atoms with Crippen LogP contribution in [0.2, 0.25) is 5.02 Å². The first-order valence-electron chi connectivity index (χ1n) is 5.34. The molecule has 1 unspecified atom stereocenters. The molecule has 0 saturated carbocycles. The number of hydrogen-bond acceptors (Lipinski definition) is 1. The van der Waals surface area contributed by atoms with Crippen molar-refractivity contribution < 1.29 is 4.79 Å². The van der Waals surface area contributed by atoms with E-state index in [1.54, 1.807) is 0 Å². The van der Waals surface area contributed by atoms with E-state index in [0.29, 0.717) is 13.0 Å². The third-order valence-electron chi connectivity index (χ3n) is 2.90. The largest absolute Gasteiger partial charge is 0.338 e. The fourth-order valence-electron chi connectivity index (χ4n) is 1.95. The first-order valence-corrected chi connectivity index (χ1v) is 5.72. The maximum Gasteiger partial charge on any atom is 0.223 e. The molecule has 1 saturated heterocycles. The number of halogens is 1. The normalized spacial score (nSPS) is 20.2. The quantitative estimate of drug-likeness (QED) is 0.738. The number of amides is 1. The molecular weight excluding hydrogens is 222 g/mol. The third-order valence-corrected chi connectivity index (χ3v) is 3.27. The number of carbonyl (C=O) groups is 1. The lowest BCUT2D eigenvalue weighted by molar-refractivity contribution is -0.128. The third kappa shape index (κ3) is 2.27. The first-order chi connectivity index (χ1) is 7.70. The zero-order chi connectivity index (χ0) is 11.5. The molecular formula is C13H14ClNO. The second kappa shape index (κ2) is 4.71. The van der Waals surface area contributed by atoms with Crippen molar-refractivity contribution in [1.29, 1.82) is 0 Å². The van der Waals surface area contributed by atoms with E-state index in [9.17, 15) is 4.79 Å². The van der Waals surface area contributed by atoms with E-state index < -0.39 is 0 Å². The summed E-state index contributed by atoms with van der Waals surface area (Å²) in [5, 5.41) is 0.720. The van der Waals surface area contributed by atoms with Crippen molar-refractivity contribution in [2.24, 2.45) is 5.92 Å². The predicted octanol–water partition coefficient (Wildman–Crippen LogP) is 2.87. The molecule has 0 aliphatic carbocycles. The van der Waals surface area contributed by atoms with Crippen LogP contribution in [0.25, 0.3) is 0 Å². The van der Waals surface area contributed by atoms with Crippen molar-refractivity contribution in [3.05, 3.63) is 47.5 Å². The first kappa shape index (κ1) is 11.2. The number of benzene rings is 1. The summed E-state index contributed by atoms with van der Waals surface area (Å²) in [6, 6.07) is 7.64. The molecule has 2 rings (SSSR count). The van der Waals surface area contributed by atoms with E-state index in [2.05, 4.69) is 6.58 Å². The molecule has 0 radical (unpaired) electrons. The van der Waals surface area contributed by atoms with Gasteiger partial charge in [-0.1, -0.05) is 35.9 Å². The standard InChI is InChI=1S/C13H14ClNO/c1-2-10-7-13(16)15(8-10)9-11-5-3-4-6-12(11)14/h2-6,10H,1,7-9H2. The van der Waals surface area contributed by atoms with E-state index in [1.165, 1.54) is 0 Å². The van der Waals surface area contributed by atoms with Gasteiger partial charge in [-0.2, -0.15) is 0 Å². The van der Waals surface area contributed by atoms with Crippen molar-refractivity contribution >= 4 is 17.5 Å². The molecule has 0 bridgehead atoms. The summed E-state index contributed by atoms with van der Waals surface area (Å²) in [5.41, 5.74) is 1.00. The Labute approximate surface area is 101 Å². The van der Waals surface area contributed by atoms with Gasteiger partial charge in [-0.15, -0.1) is 6.58 Å². The Morgan fingerprint density at radius 1 is 1.50 bits per heavy atom. The highest BCUT2D eigenvalue weighted by Crippen LogP contribution is 2.23. The highest BCUT2D eigenvalue weighted by Gasteiger charge is 2.27. The van der Waals surface area contributed by atoms with Gasteiger partial charge in [-0.05, 0) is 11.6 Å². The van der Waals surface area contributed by atoms with Crippen LogP contribution < -0.4 is 0 Å². The Hall–Kier alpha value is -1.28. The average molecular weight is 236 g/mol. The van der Waals surface area contributed by atoms with Crippen molar-refractivity contribution in [1.82, 2.24) is 4.90 Å². The van der Waals surface area contributed by atoms with Gasteiger partial charge in [0.1, 0.15) is 0 Å². The smallest absolute Gasteiger partial charge is 0.223 e. The molecule has 1 aliphatic rings. The van der Waals surface area contributed by atoms with Crippen LogP contribution in [0.5, 0.6) is 0 Å². The van der Waals surface area contributed by atoms with Crippen LogP contribution >= 0.6 is 11.6 Å². The summed E-state index contributed by atoms with van der Waals surface area (Å²) in [6.45, 7) is 5.09. The minimum absolute atomic E-state index is 0.185. The number of carbonyl (C=O) groups excluding carboxylic acids is 1. The Morgan fingerprint density at radius 3 is 2.88 bits per heavy atom. The lowest BCUT2D eigenvalue weighted by Crippen LogP contribution is -2.24. The number of hydrogen-bond donors (Lipinski definition) is 0. The SMILES string of the molecule is C=CC1CC(=O)N(Cc2ccccc2Cl)C1. The highest BCUT2D eigenvalue weighted by molar-refractivity contribution is 6.31. The molecule has 84 valence electrons. The summed E-state index contributed by atoms with van der Waals surface area (Å²) in [5.74, 6) is 0.472. The van der Waals surface area contributed by atoms with Gasteiger partial charge in [0.05, 0.1) is 0 Å². The zero-order valence-corrected chi connectivity index (χ0v) is 9.78. The van der Waals surface area contributed by atoms with Crippen molar-refractivity contribution in [2.45, 2.75) is 13.0 Å². The number of likely N-dealkylation sites (tertiary alicyclic amines) is 1. The van der Waals surface area contributed by atoms with Gasteiger partial charge < -0.3 is 4.90 Å². The predicted molar refractivity (Wildman–Crippen MR) is 65.2 cm³/mol. The van der Waals surface area contributed by atoms with E-state index in [4.69, 9.17) is 11.6 Å². The molecule has 1 atom stereocenters. The zero-order valence-electron chi connectivity index (χ0n) is 9.03. The monoisotopic (exact) mass is 235 g/mol. The highest BCUT2D eigenvalue weighted by atomic mass is 35.5. The van der Waals surface area contributed by atoms with Crippen LogP contribution in [-0.2, 0) is 11.3 Å². The molecule has 0 aromatic heterocycles.